The molecule has 6 heteroatoms. The number of aromatic nitrogens is 3. The number of nitrogens with zero attached hydrogens (tertiary/aromatic N) is 3. The van der Waals surface area contributed by atoms with Crippen molar-refractivity contribution in [2.45, 2.75) is 6.92 Å². The van der Waals surface area contributed by atoms with E-state index in [1.807, 2.05) is 61.5 Å². The Balaban J connectivity index is 1.54. The van der Waals surface area contributed by atoms with E-state index in [9.17, 15) is 0 Å². The van der Waals surface area contributed by atoms with Gasteiger partial charge in [-0.15, -0.1) is 0 Å². The van der Waals surface area contributed by atoms with Crippen LogP contribution in [0.4, 0.5) is 29.2 Å². The van der Waals surface area contributed by atoms with Crippen molar-refractivity contribution in [3.63, 3.8) is 0 Å². The van der Waals surface area contributed by atoms with Gasteiger partial charge in [-0.25, -0.2) is 0 Å². The number of rotatable bonds is 7. The lowest BCUT2D eigenvalue weighted by Gasteiger charge is -2.11. The molecule has 0 fully saturated rings. The molecule has 31 heavy (non-hydrogen) atoms. The predicted molar refractivity (Wildman–Crippen MR) is 129 cm³/mol. The highest BCUT2D eigenvalue weighted by molar-refractivity contribution is 5.72. The molecule has 4 rings (SSSR count). The van der Waals surface area contributed by atoms with Gasteiger partial charge in [0, 0.05) is 18.4 Å². The maximum atomic E-state index is 4.52. The minimum atomic E-state index is 0.457. The summed E-state index contributed by atoms with van der Waals surface area (Å²) in [6.07, 6.45) is 4.17. The van der Waals surface area contributed by atoms with E-state index in [1.165, 1.54) is 0 Å². The Labute approximate surface area is 182 Å². The van der Waals surface area contributed by atoms with Crippen molar-refractivity contribution in [2.75, 3.05) is 23.0 Å². The summed E-state index contributed by atoms with van der Waals surface area (Å²) in [6.45, 7) is 2.05. The van der Waals surface area contributed by atoms with Crippen molar-refractivity contribution in [3.05, 3.63) is 95.6 Å². The summed E-state index contributed by atoms with van der Waals surface area (Å²) < 4.78 is 0. The summed E-state index contributed by atoms with van der Waals surface area (Å²) in [7, 11) is 1.78. The second kappa shape index (κ2) is 9.54. The Bertz CT molecular complexity index is 1190. The molecule has 0 spiro atoms. The number of hydrogen-bond acceptors (Lipinski definition) is 6. The van der Waals surface area contributed by atoms with Crippen molar-refractivity contribution < 1.29 is 0 Å². The second-order valence-electron chi connectivity index (χ2n) is 7.05. The van der Waals surface area contributed by atoms with E-state index in [4.69, 9.17) is 0 Å². The van der Waals surface area contributed by atoms with Gasteiger partial charge in [0.1, 0.15) is 0 Å². The van der Waals surface area contributed by atoms with E-state index < -0.39 is 0 Å². The fraction of sp³-hybridized carbons (Fsp3) is 0.0800. The minimum Gasteiger partial charge on any atom is -0.357 e. The first-order chi connectivity index (χ1) is 15.2. The van der Waals surface area contributed by atoms with E-state index in [0.717, 1.165) is 28.1 Å². The van der Waals surface area contributed by atoms with Crippen LogP contribution in [0.15, 0.2) is 78.9 Å². The highest BCUT2D eigenvalue weighted by atomic mass is 15.3. The molecule has 0 saturated carbocycles. The van der Waals surface area contributed by atoms with Crippen molar-refractivity contribution in [3.8, 4) is 0 Å². The van der Waals surface area contributed by atoms with Crippen molar-refractivity contribution in [1.29, 1.82) is 0 Å². The van der Waals surface area contributed by atoms with Crippen LogP contribution in [0.3, 0.4) is 0 Å². The maximum Gasteiger partial charge on any atom is 0.233 e. The molecule has 3 N–H and O–H groups in total. The first kappa shape index (κ1) is 20.1. The van der Waals surface area contributed by atoms with Crippen molar-refractivity contribution in [1.82, 2.24) is 15.0 Å². The minimum absolute atomic E-state index is 0.457. The molecule has 0 aliphatic carbocycles. The number of anilines is 5. The van der Waals surface area contributed by atoms with Gasteiger partial charge in [-0.3, -0.25) is 0 Å². The molecular formula is C25H24N6. The average molecular weight is 409 g/mol. The normalized spacial score (nSPS) is 10.8. The van der Waals surface area contributed by atoms with Gasteiger partial charge >= 0.3 is 0 Å². The van der Waals surface area contributed by atoms with E-state index in [2.05, 4.69) is 67.3 Å². The van der Waals surface area contributed by atoms with Crippen LogP contribution >= 0.6 is 0 Å². The van der Waals surface area contributed by atoms with Crippen LogP contribution in [0.2, 0.25) is 0 Å². The van der Waals surface area contributed by atoms with Gasteiger partial charge in [-0.1, -0.05) is 66.7 Å². The second-order valence-corrected chi connectivity index (χ2v) is 7.05. The van der Waals surface area contributed by atoms with Gasteiger partial charge in [0.25, 0.3) is 0 Å². The van der Waals surface area contributed by atoms with Gasteiger partial charge in [-0.05, 0) is 47.9 Å². The Morgan fingerprint density at radius 1 is 0.613 bits per heavy atom. The molecule has 4 aromatic rings. The molecule has 0 atom stereocenters. The molecule has 0 unspecified atom stereocenters. The zero-order valence-electron chi connectivity index (χ0n) is 17.5. The van der Waals surface area contributed by atoms with Crippen LogP contribution < -0.4 is 16.0 Å². The van der Waals surface area contributed by atoms with Gasteiger partial charge in [0.05, 0.1) is 0 Å². The predicted octanol–water partition coefficient (Wildman–Crippen LogP) is 5.88. The summed E-state index contributed by atoms with van der Waals surface area (Å²) in [6, 6.07) is 26.4. The summed E-state index contributed by atoms with van der Waals surface area (Å²) >= 11 is 0. The van der Waals surface area contributed by atoms with Gasteiger partial charge < -0.3 is 16.0 Å². The molecule has 1 aromatic heterocycles. The number of benzene rings is 3. The SMILES string of the molecule is CNc1nc(Nc2cccc(C)c2)nc(Nc2cccc(/C=C/c3ccccc3)c2)n1. The Morgan fingerprint density at radius 3 is 1.87 bits per heavy atom. The molecule has 0 amide bonds. The largest absolute Gasteiger partial charge is 0.357 e. The summed E-state index contributed by atoms with van der Waals surface area (Å²) in [5.74, 6) is 1.40. The highest BCUT2D eigenvalue weighted by Crippen LogP contribution is 2.20. The Morgan fingerprint density at radius 2 is 1.19 bits per heavy atom. The molecule has 0 bridgehead atoms. The molecule has 0 aliphatic rings. The number of hydrogen-bond donors (Lipinski definition) is 3. The molecule has 0 aliphatic heterocycles. The lowest BCUT2D eigenvalue weighted by molar-refractivity contribution is 1.06. The monoisotopic (exact) mass is 408 g/mol. The van der Waals surface area contributed by atoms with Crippen molar-refractivity contribution >= 4 is 41.4 Å². The third kappa shape index (κ3) is 5.67. The van der Waals surface area contributed by atoms with E-state index in [1.54, 1.807) is 7.05 Å². The topological polar surface area (TPSA) is 74.8 Å². The third-order valence-corrected chi connectivity index (χ3v) is 4.54. The van der Waals surface area contributed by atoms with Crippen LogP contribution in [-0.2, 0) is 0 Å². The number of aryl methyl sites for hydroxylation is 1. The zero-order valence-corrected chi connectivity index (χ0v) is 17.5. The Hall–Kier alpha value is -4.19. The van der Waals surface area contributed by atoms with Crippen LogP contribution in [0.1, 0.15) is 16.7 Å². The fourth-order valence-corrected chi connectivity index (χ4v) is 3.06. The average Bonchev–Trinajstić information content (AvgIpc) is 2.78. The van der Waals surface area contributed by atoms with E-state index in [0.29, 0.717) is 17.8 Å². The Kier molecular flexibility index (Phi) is 6.18. The zero-order chi connectivity index (χ0) is 21.5. The van der Waals surface area contributed by atoms with Gasteiger partial charge in [-0.2, -0.15) is 15.0 Å². The molecular weight excluding hydrogens is 384 g/mol. The molecule has 0 radical (unpaired) electrons. The highest BCUT2D eigenvalue weighted by Gasteiger charge is 2.07. The summed E-state index contributed by atoms with van der Waals surface area (Å²) in [5, 5.41) is 9.51. The first-order valence-electron chi connectivity index (χ1n) is 10.1. The molecule has 154 valence electrons. The smallest absolute Gasteiger partial charge is 0.233 e. The van der Waals surface area contributed by atoms with Gasteiger partial charge in [0.15, 0.2) is 0 Å². The van der Waals surface area contributed by atoms with Crippen LogP contribution in [0, 0.1) is 6.92 Å². The number of nitrogens with one attached hydrogen (secondary N) is 3. The molecule has 0 saturated heterocycles. The quantitative estimate of drug-likeness (QED) is 0.332. The molecule has 1 heterocycles. The van der Waals surface area contributed by atoms with Crippen LogP contribution in [-0.4, -0.2) is 22.0 Å². The maximum absolute atomic E-state index is 4.52. The van der Waals surface area contributed by atoms with Crippen LogP contribution in [0.25, 0.3) is 12.2 Å². The first-order valence-corrected chi connectivity index (χ1v) is 10.1. The summed E-state index contributed by atoms with van der Waals surface area (Å²) in [4.78, 5) is 13.4. The molecule has 3 aromatic carbocycles. The van der Waals surface area contributed by atoms with Crippen LogP contribution in [0.5, 0.6) is 0 Å². The molecule has 6 nitrogen and oxygen atoms in total. The summed E-state index contributed by atoms with van der Waals surface area (Å²) in [5.41, 5.74) is 5.21. The third-order valence-electron chi connectivity index (χ3n) is 4.54. The van der Waals surface area contributed by atoms with Crippen molar-refractivity contribution in [2.24, 2.45) is 0 Å². The lowest BCUT2D eigenvalue weighted by atomic mass is 10.1. The fourth-order valence-electron chi connectivity index (χ4n) is 3.06. The van der Waals surface area contributed by atoms with E-state index >= 15 is 0 Å². The van der Waals surface area contributed by atoms with Gasteiger partial charge in [0.2, 0.25) is 17.8 Å². The lowest BCUT2D eigenvalue weighted by Crippen LogP contribution is -2.07. The van der Waals surface area contributed by atoms with E-state index in [-0.39, 0.29) is 0 Å². The standard InChI is InChI=1S/C25H24N6/c1-18-8-6-12-21(16-18)27-24-29-23(26-2)30-25(31-24)28-22-13-7-11-20(17-22)15-14-19-9-4-3-5-10-19/h3-17H,1-2H3,(H3,26,27,28,29,30,31)/b15-14+.